The molecule has 2 rings (SSSR count). The minimum absolute atomic E-state index is 0.200. The molecule has 0 bridgehead atoms. The molecule has 1 aliphatic heterocycles. The van der Waals surface area contributed by atoms with Crippen molar-refractivity contribution in [2.75, 3.05) is 31.4 Å². The van der Waals surface area contributed by atoms with Crippen molar-refractivity contribution in [2.24, 2.45) is 0 Å². The van der Waals surface area contributed by atoms with Crippen molar-refractivity contribution in [2.45, 2.75) is 6.92 Å². The Morgan fingerprint density at radius 1 is 1.53 bits per heavy atom. The van der Waals surface area contributed by atoms with Crippen LogP contribution in [-0.4, -0.2) is 36.7 Å². The van der Waals surface area contributed by atoms with Gasteiger partial charge in [0.15, 0.2) is 18.4 Å². The number of aliphatic hydroxyl groups is 1. The van der Waals surface area contributed by atoms with Gasteiger partial charge in [0.1, 0.15) is 6.54 Å². The molecule has 4 nitrogen and oxygen atoms in total. The predicted octanol–water partition coefficient (Wildman–Crippen LogP) is -0.518. The van der Waals surface area contributed by atoms with Crippen LogP contribution in [0.25, 0.3) is 0 Å². The van der Waals surface area contributed by atoms with Gasteiger partial charge < -0.3 is 10.4 Å². The highest BCUT2D eigenvalue weighted by Crippen LogP contribution is 2.15. The van der Waals surface area contributed by atoms with E-state index in [0.29, 0.717) is 0 Å². The van der Waals surface area contributed by atoms with Gasteiger partial charge in [0.25, 0.3) is 0 Å². The van der Waals surface area contributed by atoms with Crippen molar-refractivity contribution in [1.82, 2.24) is 5.32 Å². The third-order valence-corrected chi connectivity index (χ3v) is 3.26. The third kappa shape index (κ3) is 2.94. The molecule has 1 saturated heterocycles. The number of hydrogen-bond acceptors (Lipinski definition) is 2. The van der Waals surface area contributed by atoms with Crippen LogP contribution in [0.15, 0.2) is 24.3 Å². The van der Waals surface area contributed by atoms with Crippen molar-refractivity contribution >= 4 is 23.0 Å². The second-order valence-corrected chi connectivity index (χ2v) is 4.69. The number of nitrogens with one attached hydrogen (secondary N) is 2. The summed E-state index contributed by atoms with van der Waals surface area (Å²) in [6.45, 7) is 4.59. The molecule has 5 heteroatoms. The van der Waals surface area contributed by atoms with Crippen LogP contribution >= 0.6 is 12.2 Å². The number of anilines is 1. The average Bonchev–Trinajstić information content (AvgIpc) is 2.32. The van der Waals surface area contributed by atoms with E-state index in [1.54, 1.807) is 0 Å². The first-order valence-electron chi connectivity index (χ1n) is 5.77. The Kier molecular flexibility index (Phi) is 3.93. The van der Waals surface area contributed by atoms with E-state index < -0.39 is 0 Å². The fourth-order valence-electron chi connectivity index (χ4n) is 1.98. The molecule has 92 valence electrons. The number of quaternary nitrogens is 1. The highest BCUT2D eigenvalue weighted by Gasteiger charge is 2.24. The number of aryl methyl sites for hydroxylation is 1. The zero-order valence-corrected chi connectivity index (χ0v) is 10.8. The van der Waals surface area contributed by atoms with Crippen LogP contribution < -0.4 is 15.1 Å². The third-order valence-electron chi connectivity index (χ3n) is 2.90. The first-order chi connectivity index (χ1) is 8.20. The maximum absolute atomic E-state index is 8.99. The van der Waals surface area contributed by atoms with E-state index in [1.807, 2.05) is 6.07 Å². The molecule has 3 N–H and O–H groups in total. The lowest BCUT2D eigenvalue weighted by Gasteiger charge is -2.35. The Morgan fingerprint density at radius 3 is 3.06 bits per heavy atom. The van der Waals surface area contributed by atoms with Crippen molar-refractivity contribution < 1.29 is 10.0 Å². The highest BCUT2D eigenvalue weighted by atomic mass is 32.1. The van der Waals surface area contributed by atoms with Crippen LogP contribution in [-0.2, 0) is 0 Å². The smallest absolute Gasteiger partial charge is 0.182 e. The quantitative estimate of drug-likeness (QED) is 0.633. The molecule has 1 fully saturated rings. The molecule has 1 atom stereocenters. The van der Waals surface area contributed by atoms with E-state index in [-0.39, 0.29) is 6.61 Å². The van der Waals surface area contributed by atoms with Crippen LogP contribution in [0.4, 0.5) is 5.69 Å². The van der Waals surface area contributed by atoms with E-state index in [4.69, 9.17) is 17.3 Å². The molecular weight excluding hydrogens is 234 g/mol. The number of rotatable bonds is 3. The van der Waals surface area contributed by atoms with E-state index >= 15 is 0 Å². The second-order valence-electron chi connectivity index (χ2n) is 4.31. The molecule has 0 amide bonds. The maximum Gasteiger partial charge on any atom is 0.182 e. The standard InChI is InChI=1S/C12H17N3OS/c1-10-3-2-4-11(7-10)15-9-14(5-6-16)8-13-12(15)17/h2-4,7,16H,5-6,8-9H2,1H3,(H,13,17)/p+1. The van der Waals surface area contributed by atoms with E-state index in [0.717, 1.165) is 30.7 Å². The van der Waals surface area contributed by atoms with Crippen molar-refractivity contribution in [3.63, 3.8) is 0 Å². The zero-order chi connectivity index (χ0) is 12.3. The molecule has 0 spiro atoms. The Bertz CT molecular complexity index is 410. The molecule has 0 aromatic heterocycles. The molecular formula is C12H18N3OS+. The normalized spacial score (nSPS) is 20.2. The zero-order valence-electron chi connectivity index (χ0n) is 9.94. The van der Waals surface area contributed by atoms with E-state index in [1.165, 1.54) is 10.5 Å². The van der Waals surface area contributed by atoms with Crippen LogP contribution in [0.2, 0.25) is 0 Å². The molecule has 0 radical (unpaired) electrons. The van der Waals surface area contributed by atoms with Crippen LogP contribution in [0, 0.1) is 6.92 Å². The molecule has 17 heavy (non-hydrogen) atoms. The monoisotopic (exact) mass is 252 g/mol. The number of nitrogens with zero attached hydrogens (tertiary/aromatic N) is 1. The first kappa shape index (κ1) is 12.3. The molecule has 1 unspecified atom stereocenters. The average molecular weight is 252 g/mol. The van der Waals surface area contributed by atoms with Crippen molar-refractivity contribution in [3.8, 4) is 0 Å². The Labute approximate surface area is 107 Å². The number of hydrogen-bond donors (Lipinski definition) is 3. The van der Waals surface area contributed by atoms with Gasteiger partial charge in [-0.15, -0.1) is 0 Å². The lowest BCUT2D eigenvalue weighted by atomic mass is 10.2. The molecule has 1 aromatic rings. The van der Waals surface area contributed by atoms with Gasteiger partial charge in [-0.2, -0.15) is 0 Å². The van der Waals surface area contributed by atoms with Gasteiger partial charge in [0, 0.05) is 5.69 Å². The van der Waals surface area contributed by atoms with Gasteiger partial charge in [-0.05, 0) is 36.8 Å². The molecule has 1 aliphatic rings. The van der Waals surface area contributed by atoms with Gasteiger partial charge in [-0.1, -0.05) is 12.1 Å². The van der Waals surface area contributed by atoms with Crippen molar-refractivity contribution in [3.05, 3.63) is 29.8 Å². The Morgan fingerprint density at radius 2 is 2.35 bits per heavy atom. The number of aliphatic hydroxyl groups excluding tert-OH is 1. The SMILES string of the molecule is Cc1cccc(N2C[NH+](CCO)CNC2=S)c1. The van der Waals surface area contributed by atoms with Crippen LogP contribution in [0.3, 0.4) is 0 Å². The van der Waals surface area contributed by atoms with Crippen LogP contribution in [0.5, 0.6) is 0 Å². The Balaban J connectivity index is 2.15. The summed E-state index contributed by atoms with van der Waals surface area (Å²) in [7, 11) is 0. The lowest BCUT2D eigenvalue weighted by molar-refractivity contribution is -0.903. The first-order valence-corrected chi connectivity index (χ1v) is 6.18. The summed E-state index contributed by atoms with van der Waals surface area (Å²) < 4.78 is 0. The Hall–Kier alpha value is -1.17. The number of thiocarbonyl (C=S) groups is 1. The summed E-state index contributed by atoms with van der Waals surface area (Å²) in [6, 6.07) is 8.29. The van der Waals surface area contributed by atoms with E-state index in [2.05, 4.69) is 35.3 Å². The summed E-state index contributed by atoms with van der Waals surface area (Å²) >= 11 is 5.33. The van der Waals surface area contributed by atoms with Gasteiger partial charge in [0.2, 0.25) is 0 Å². The topological polar surface area (TPSA) is 39.9 Å². The molecule has 1 aromatic carbocycles. The minimum atomic E-state index is 0.200. The minimum Gasteiger partial charge on any atom is -0.391 e. The predicted molar refractivity (Wildman–Crippen MR) is 72.0 cm³/mol. The summed E-state index contributed by atoms with van der Waals surface area (Å²) in [6.07, 6.45) is 0. The van der Waals surface area contributed by atoms with Gasteiger partial charge in [-0.3, -0.25) is 9.80 Å². The fraction of sp³-hybridized carbons (Fsp3) is 0.417. The van der Waals surface area contributed by atoms with Gasteiger partial charge in [0.05, 0.1) is 6.61 Å². The van der Waals surface area contributed by atoms with Gasteiger partial charge in [-0.25, -0.2) is 0 Å². The highest BCUT2D eigenvalue weighted by molar-refractivity contribution is 7.80. The second kappa shape index (κ2) is 5.44. The summed E-state index contributed by atoms with van der Waals surface area (Å²) in [5.74, 6) is 0. The van der Waals surface area contributed by atoms with Crippen molar-refractivity contribution in [1.29, 1.82) is 0 Å². The summed E-state index contributed by atoms with van der Waals surface area (Å²) in [5, 5.41) is 12.9. The van der Waals surface area contributed by atoms with Crippen LogP contribution in [0.1, 0.15) is 5.56 Å². The number of benzene rings is 1. The van der Waals surface area contributed by atoms with Gasteiger partial charge >= 0.3 is 0 Å². The largest absolute Gasteiger partial charge is 0.391 e. The molecule has 0 saturated carbocycles. The molecule has 1 heterocycles. The van der Waals surface area contributed by atoms with E-state index in [9.17, 15) is 0 Å². The fourth-order valence-corrected chi connectivity index (χ4v) is 2.22. The summed E-state index contributed by atoms with van der Waals surface area (Å²) in [5.41, 5.74) is 2.33. The maximum atomic E-state index is 8.99. The summed E-state index contributed by atoms with van der Waals surface area (Å²) in [4.78, 5) is 3.36. The molecule has 0 aliphatic carbocycles. The lowest BCUT2D eigenvalue weighted by Crippen LogP contribution is -3.17.